The van der Waals surface area contributed by atoms with Crippen molar-refractivity contribution < 1.29 is 17.4 Å². The van der Waals surface area contributed by atoms with Gasteiger partial charge in [-0.15, -0.1) is 0 Å². The van der Waals surface area contributed by atoms with Crippen LogP contribution < -0.4 is 9.74 Å². The SMILES string of the molecule is CCC(=O)c1c(OS(=O)(=O)c2ccc(C)cc2)c2ccccc2n(C)c1=O. The molecule has 0 amide bonds. The van der Waals surface area contributed by atoms with Crippen LogP contribution in [0.25, 0.3) is 10.9 Å². The van der Waals surface area contributed by atoms with Crippen molar-refractivity contribution in [2.45, 2.75) is 25.2 Å². The summed E-state index contributed by atoms with van der Waals surface area (Å²) in [5.41, 5.74) is 0.531. The third-order valence-electron chi connectivity index (χ3n) is 4.36. The summed E-state index contributed by atoms with van der Waals surface area (Å²) in [6.07, 6.45) is 0.0501. The number of hydrogen-bond donors (Lipinski definition) is 0. The highest BCUT2D eigenvalue weighted by atomic mass is 32.2. The summed E-state index contributed by atoms with van der Waals surface area (Å²) < 4.78 is 32.2. The molecule has 0 aliphatic carbocycles. The minimum atomic E-state index is -4.22. The minimum absolute atomic E-state index is 0.0484. The Morgan fingerprint density at radius 2 is 1.70 bits per heavy atom. The first-order chi connectivity index (χ1) is 12.8. The highest BCUT2D eigenvalue weighted by molar-refractivity contribution is 7.87. The first-order valence-electron chi connectivity index (χ1n) is 8.42. The predicted molar refractivity (Wildman–Crippen MR) is 103 cm³/mol. The van der Waals surface area contributed by atoms with Crippen molar-refractivity contribution in [2.75, 3.05) is 0 Å². The number of ketones is 1. The van der Waals surface area contributed by atoms with E-state index in [1.54, 1.807) is 43.3 Å². The molecule has 3 rings (SSSR count). The van der Waals surface area contributed by atoms with Crippen molar-refractivity contribution >= 4 is 26.8 Å². The van der Waals surface area contributed by atoms with Gasteiger partial charge in [-0.2, -0.15) is 8.42 Å². The molecular formula is C20H19NO5S. The number of aromatic nitrogens is 1. The zero-order valence-electron chi connectivity index (χ0n) is 15.2. The maximum absolute atomic E-state index is 12.8. The van der Waals surface area contributed by atoms with Crippen LogP contribution in [0.3, 0.4) is 0 Å². The van der Waals surface area contributed by atoms with Gasteiger partial charge in [0.15, 0.2) is 11.5 Å². The van der Waals surface area contributed by atoms with E-state index in [0.717, 1.165) is 5.56 Å². The monoisotopic (exact) mass is 385 g/mol. The minimum Gasteiger partial charge on any atom is -0.377 e. The Morgan fingerprint density at radius 3 is 2.33 bits per heavy atom. The predicted octanol–water partition coefficient (Wildman–Crippen LogP) is 3.21. The number of carbonyl (C=O) groups is 1. The lowest BCUT2D eigenvalue weighted by Gasteiger charge is -2.15. The third kappa shape index (κ3) is 3.38. The molecule has 0 fully saturated rings. The van der Waals surface area contributed by atoms with E-state index in [1.165, 1.54) is 23.7 Å². The lowest BCUT2D eigenvalue weighted by Crippen LogP contribution is -2.27. The maximum Gasteiger partial charge on any atom is 0.339 e. The van der Waals surface area contributed by atoms with Crippen LogP contribution in [0, 0.1) is 6.92 Å². The molecule has 0 bridgehead atoms. The zero-order chi connectivity index (χ0) is 19.8. The maximum atomic E-state index is 12.8. The Labute approximate surface area is 157 Å². The van der Waals surface area contributed by atoms with Crippen LogP contribution in [-0.4, -0.2) is 18.8 Å². The number of rotatable bonds is 5. The summed E-state index contributed by atoms with van der Waals surface area (Å²) in [6, 6.07) is 12.9. The number of fused-ring (bicyclic) bond motifs is 1. The van der Waals surface area contributed by atoms with Crippen molar-refractivity contribution in [1.82, 2.24) is 4.57 Å². The number of nitrogens with zero attached hydrogens (tertiary/aromatic N) is 1. The molecule has 1 aromatic heterocycles. The Kier molecular flexibility index (Phi) is 4.89. The second-order valence-electron chi connectivity index (χ2n) is 6.21. The van der Waals surface area contributed by atoms with Gasteiger partial charge in [0.1, 0.15) is 10.5 Å². The Hall–Kier alpha value is -2.93. The fourth-order valence-electron chi connectivity index (χ4n) is 2.84. The number of para-hydroxylation sites is 1. The van der Waals surface area contributed by atoms with E-state index in [-0.39, 0.29) is 22.6 Å². The van der Waals surface area contributed by atoms with E-state index in [4.69, 9.17) is 4.18 Å². The van der Waals surface area contributed by atoms with Gasteiger partial charge in [-0.05, 0) is 31.2 Å². The molecule has 0 saturated heterocycles. The van der Waals surface area contributed by atoms with E-state index in [1.807, 2.05) is 6.92 Å². The van der Waals surface area contributed by atoms with Gasteiger partial charge in [0, 0.05) is 18.9 Å². The Balaban J connectivity index is 2.29. The van der Waals surface area contributed by atoms with Gasteiger partial charge in [0.05, 0.1) is 5.52 Å². The zero-order valence-corrected chi connectivity index (χ0v) is 16.0. The van der Waals surface area contributed by atoms with Crippen molar-refractivity contribution in [2.24, 2.45) is 7.05 Å². The summed E-state index contributed by atoms with van der Waals surface area (Å²) in [6.45, 7) is 3.44. The van der Waals surface area contributed by atoms with E-state index in [2.05, 4.69) is 0 Å². The molecule has 6 nitrogen and oxygen atoms in total. The highest BCUT2D eigenvalue weighted by Gasteiger charge is 2.26. The average molecular weight is 385 g/mol. The second kappa shape index (κ2) is 7.00. The topological polar surface area (TPSA) is 82.4 Å². The molecule has 0 atom stereocenters. The van der Waals surface area contributed by atoms with Gasteiger partial charge < -0.3 is 8.75 Å². The Bertz CT molecular complexity index is 1190. The largest absolute Gasteiger partial charge is 0.377 e. The van der Waals surface area contributed by atoms with Crippen molar-refractivity contribution in [3.63, 3.8) is 0 Å². The quantitative estimate of drug-likeness (QED) is 0.497. The summed E-state index contributed by atoms with van der Waals surface area (Å²) in [7, 11) is -2.68. The van der Waals surface area contributed by atoms with Crippen LogP contribution in [0.15, 0.2) is 58.2 Å². The van der Waals surface area contributed by atoms with Crippen molar-refractivity contribution in [3.8, 4) is 5.75 Å². The summed E-state index contributed by atoms with van der Waals surface area (Å²) in [5, 5.41) is 0.382. The molecule has 0 spiro atoms. The molecule has 3 aromatic rings. The van der Waals surface area contributed by atoms with Gasteiger partial charge in [-0.3, -0.25) is 9.59 Å². The number of aryl methyl sites for hydroxylation is 2. The molecular weight excluding hydrogens is 366 g/mol. The molecule has 0 aliphatic rings. The van der Waals surface area contributed by atoms with Crippen LogP contribution in [0.1, 0.15) is 29.3 Å². The van der Waals surface area contributed by atoms with Gasteiger partial charge >= 0.3 is 10.1 Å². The Morgan fingerprint density at radius 1 is 1.07 bits per heavy atom. The van der Waals surface area contributed by atoms with Crippen LogP contribution in [0.5, 0.6) is 5.75 Å². The normalized spacial score (nSPS) is 11.5. The lowest BCUT2D eigenvalue weighted by atomic mass is 10.1. The molecule has 1 heterocycles. The molecule has 0 aliphatic heterocycles. The van der Waals surface area contributed by atoms with Gasteiger partial charge in [-0.1, -0.05) is 36.8 Å². The number of carbonyl (C=O) groups excluding carboxylic acids is 1. The third-order valence-corrected chi connectivity index (χ3v) is 5.59. The van der Waals surface area contributed by atoms with E-state index in [9.17, 15) is 18.0 Å². The second-order valence-corrected chi connectivity index (χ2v) is 7.76. The molecule has 0 saturated carbocycles. The summed E-state index contributed by atoms with van der Waals surface area (Å²) >= 11 is 0. The summed E-state index contributed by atoms with van der Waals surface area (Å²) in [5.74, 6) is -0.698. The van der Waals surface area contributed by atoms with Gasteiger partial charge in [0.2, 0.25) is 0 Å². The number of hydrogen-bond acceptors (Lipinski definition) is 5. The molecule has 0 unspecified atom stereocenters. The van der Waals surface area contributed by atoms with Crippen LogP contribution in [0.4, 0.5) is 0 Å². The van der Waals surface area contributed by atoms with E-state index < -0.39 is 21.5 Å². The summed E-state index contributed by atoms with van der Waals surface area (Å²) in [4.78, 5) is 25.1. The fourth-order valence-corrected chi connectivity index (χ4v) is 3.80. The van der Waals surface area contributed by atoms with Crippen LogP contribution >= 0.6 is 0 Å². The molecule has 7 heteroatoms. The molecule has 0 radical (unpaired) electrons. The van der Waals surface area contributed by atoms with Crippen LogP contribution in [0.2, 0.25) is 0 Å². The smallest absolute Gasteiger partial charge is 0.339 e. The van der Waals surface area contributed by atoms with Crippen LogP contribution in [-0.2, 0) is 17.2 Å². The van der Waals surface area contributed by atoms with Gasteiger partial charge in [-0.25, -0.2) is 0 Å². The molecule has 27 heavy (non-hydrogen) atoms. The first kappa shape index (κ1) is 18.8. The average Bonchev–Trinajstić information content (AvgIpc) is 2.66. The van der Waals surface area contributed by atoms with E-state index >= 15 is 0 Å². The number of benzene rings is 2. The molecule has 140 valence electrons. The molecule has 0 N–H and O–H groups in total. The van der Waals surface area contributed by atoms with Crippen molar-refractivity contribution in [1.29, 1.82) is 0 Å². The first-order valence-corrected chi connectivity index (χ1v) is 9.83. The fraction of sp³-hybridized carbons (Fsp3) is 0.200. The number of Topliss-reactive ketones (excluding diaryl/α,β-unsaturated/α-hetero) is 1. The lowest BCUT2D eigenvalue weighted by molar-refractivity contribution is 0.0985. The van der Waals surface area contributed by atoms with Crippen molar-refractivity contribution in [3.05, 3.63) is 70.0 Å². The highest BCUT2D eigenvalue weighted by Crippen LogP contribution is 2.31. The molecule has 2 aromatic carbocycles. The van der Waals surface area contributed by atoms with Gasteiger partial charge in [0.25, 0.3) is 5.56 Å². The standard InChI is InChI=1S/C20H19NO5S/c1-4-17(22)18-19(15-7-5-6-8-16(15)21(3)20(18)23)26-27(24,25)14-11-9-13(2)10-12-14/h5-12H,4H2,1-3H3. The van der Waals surface area contributed by atoms with E-state index in [0.29, 0.717) is 10.9 Å². The number of pyridine rings is 1.